The van der Waals surface area contributed by atoms with Gasteiger partial charge in [0.2, 0.25) is 0 Å². The van der Waals surface area contributed by atoms with Crippen molar-refractivity contribution in [3.63, 3.8) is 0 Å². The van der Waals surface area contributed by atoms with Crippen LogP contribution >= 0.6 is 0 Å². The number of piperidine rings is 1. The fourth-order valence-electron chi connectivity index (χ4n) is 2.43. The topological polar surface area (TPSA) is 79.2 Å². The lowest BCUT2D eigenvalue weighted by atomic mass is 9.96. The Labute approximate surface area is 125 Å². The molecule has 1 heterocycles. The van der Waals surface area contributed by atoms with E-state index in [0.29, 0.717) is 5.56 Å². The first-order chi connectivity index (χ1) is 9.95. The van der Waals surface area contributed by atoms with E-state index in [9.17, 15) is 8.42 Å². The molecule has 21 heavy (non-hydrogen) atoms. The maximum absolute atomic E-state index is 12.2. The molecule has 2 rings (SSSR count). The van der Waals surface area contributed by atoms with Crippen molar-refractivity contribution in [3.05, 3.63) is 29.8 Å². The van der Waals surface area contributed by atoms with Crippen LogP contribution in [-0.2, 0) is 14.6 Å². The molecule has 0 aromatic heterocycles. The third kappa shape index (κ3) is 4.27. The van der Waals surface area contributed by atoms with Crippen LogP contribution in [0.4, 0.5) is 0 Å². The molecule has 1 unspecified atom stereocenters. The zero-order valence-corrected chi connectivity index (χ0v) is 12.9. The molecule has 1 aromatic carbocycles. The first kappa shape index (κ1) is 16.0. The van der Waals surface area contributed by atoms with Crippen LogP contribution in [0.25, 0.3) is 0 Å². The zero-order valence-electron chi connectivity index (χ0n) is 12.1. The molecule has 6 heteroatoms. The van der Waals surface area contributed by atoms with Gasteiger partial charge in [-0.1, -0.05) is 6.07 Å². The van der Waals surface area contributed by atoms with E-state index in [4.69, 9.17) is 10.00 Å². The van der Waals surface area contributed by atoms with E-state index in [1.165, 1.54) is 12.1 Å². The predicted molar refractivity (Wildman–Crippen MR) is 79.7 cm³/mol. The minimum absolute atomic E-state index is 0.0720. The van der Waals surface area contributed by atoms with Crippen molar-refractivity contribution < 1.29 is 13.2 Å². The van der Waals surface area contributed by atoms with Gasteiger partial charge >= 0.3 is 0 Å². The van der Waals surface area contributed by atoms with Gasteiger partial charge in [-0.25, -0.2) is 8.42 Å². The number of sulfone groups is 1. The third-order valence-electron chi connectivity index (χ3n) is 3.68. The van der Waals surface area contributed by atoms with Gasteiger partial charge in [0.1, 0.15) is 0 Å². The van der Waals surface area contributed by atoms with Crippen LogP contribution in [0.2, 0.25) is 0 Å². The van der Waals surface area contributed by atoms with Crippen LogP contribution < -0.4 is 5.32 Å². The van der Waals surface area contributed by atoms with Crippen LogP contribution in [0.15, 0.2) is 29.2 Å². The second kappa shape index (κ2) is 6.56. The van der Waals surface area contributed by atoms with Gasteiger partial charge in [0, 0.05) is 6.54 Å². The summed E-state index contributed by atoms with van der Waals surface area (Å²) in [5.41, 5.74) is 0.0582. The van der Waals surface area contributed by atoms with E-state index in [2.05, 4.69) is 5.32 Å². The van der Waals surface area contributed by atoms with E-state index in [1.54, 1.807) is 12.1 Å². The highest BCUT2D eigenvalue weighted by Crippen LogP contribution is 2.20. The van der Waals surface area contributed by atoms with Crippen LogP contribution in [0.1, 0.15) is 25.3 Å². The molecule has 0 saturated carbocycles. The van der Waals surface area contributed by atoms with E-state index < -0.39 is 9.84 Å². The summed E-state index contributed by atoms with van der Waals surface area (Å²) in [6, 6.07) is 8.03. The summed E-state index contributed by atoms with van der Waals surface area (Å²) in [4.78, 5) is 0.178. The molecule has 1 N–H and O–H groups in total. The number of ether oxygens (including phenoxy) is 1. The molecule has 1 aromatic rings. The van der Waals surface area contributed by atoms with Crippen molar-refractivity contribution in [1.82, 2.24) is 5.32 Å². The lowest BCUT2D eigenvalue weighted by Crippen LogP contribution is -2.46. The SMILES string of the molecule is CC1(OCCS(=O)(=O)c2cccc(C#N)c2)CCCNC1. The Morgan fingerprint density at radius 2 is 2.29 bits per heavy atom. The third-order valence-corrected chi connectivity index (χ3v) is 5.36. The monoisotopic (exact) mass is 308 g/mol. The zero-order chi connectivity index (χ0) is 15.3. The molecule has 5 nitrogen and oxygen atoms in total. The average Bonchev–Trinajstić information content (AvgIpc) is 2.47. The van der Waals surface area contributed by atoms with Crippen molar-refractivity contribution in [1.29, 1.82) is 5.26 Å². The maximum Gasteiger partial charge on any atom is 0.180 e. The van der Waals surface area contributed by atoms with Crippen LogP contribution in [0.3, 0.4) is 0 Å². The van der Waals surface area contributed by atoms with Crippen LogP contribution in [0.5, 0.6) is 0 Å². The predicted octanol–water partition coefficient (Wildman–Crippen LogP) is 1.49. The summed E-state index contributed by atoms with van der Waals surface area (Å²) >= 11 is 0. The van der Waals surface area contributed by atoms with Gasteiger partial charge in [-0.2, -0.15) is 5.26 Å². The largest absolute Gasteiger partial charge is 0.373 e. The minimum atomic E-state index is -3.42. The maximum atomic E-state index is 12.2. The molecule has 1 fully saturated rings. The van der Waals surface area contributed by atoms with Crippen LogP contribution in [0, 0.1) is 11.3 Å². The number of rotatable bonds is 5. The van der Waals surface area contributed by atoms with Crippen molar-refractivity contribution >= 4 is 9.84 Å². The summed E-state index contributed by atoms with van der Waals surface area (Å²) in [5, 5.41) is 12.1. The summed E-state index contributed by atoms with van der Waals surface area (Å²) in [6.07, 6.45) is 1.97. The van der Waals surface area contributed by atoms with Crippen molar-refractivity contribution in [2.24, 2.45) is 0 Å². The van der Waals surface area contributed by atoms with Gasteiger partial charge in [-0.05, 0) is 44.5 Å². The lowest BCUT2D eigenvalue weighted by molar-refractivity contribution is -0.0391. The fourth-order valence-corrected chi connectivity index (χ4v) is 3.56. The van der Waals surface area contributed by atoms with E-state index in [1.807, 2.05) is 13.0 Å². The molecular weight excluding hydrogens is 288 g/mol. The Morgan fingerprint density at radius 1 is 1.48 bits per heavy atom. The molecule has 0 amide bonds. The van der Waals surface area contributed by atoms with E-state index >= 15 is 0 Å². The molecule has 1 aliphatic rings. The Kier molecular flexibility index (Phi) is 4.99. The molecule has 0 radical (unpaired) electrons. The highest BCUT2D eigenvalue weighted by Gasteiger charge is 2.28. The smallest absolute Gasteiger partial charge is 0.180 e. The summed E-state index contributed by atoms with van der Waals surface area (Å²) in [5.74, 6) is -0.0720. The van der Waals surface area contributed by atoms with Crippen molar-refractivity contribution in [2.75, 3.05) is 25.4 Å². The summed E-state index contributed by atoms with van der Waals surface area (Å²) < 4.78 is 30.3. The minimum Gasteiger partial charge on any atom is -0.373 e. The van der Waals surface area contributed by atoms with Crippen molar-refractivity contribution in [3.8, 4) is 6.07 Å². The van der Waals surface area contributed by atoms with Crippen molar-refractivity contribution in [2.45, 2.75) is 30.3 Å². The second-order valence-corrected chi connectivity index (χ2v) is 7.65. The molecule has 0 spiro atoms. The number of hydrogen-bond acceptors (Lipinski definition) is 5. The molecule has 1 aliphatic heterocycles. The highest BCUT2D eigenvalue weighted by atomic mass is 32.2. The Bertz CT molecular complexity index is 629. The standard InChI is InChI=1S/C15H20N2O3S/c1-15(6-3-7-17-12-15)20-8-9-21(18,19)14-5-2-4-13(10-14)11-16/h2,4-5,10,17H,3,6-9,12H2,1H3. The van der Waals surface area contributed by atoms with Gasteiger partial charge in [-0.3, -0.25) is 0 Å². The van der Waals surface area contributed by atoms with Gasteiger partial charge in [0.15, 0.2) is 9.84 Å². The molecular formula is C15H20N2O3S. The molecule has 0 aliphatic carbocycles. The molecule has 1 saturated heterocycles. The first-order valence-corrected chi connectivity index (χ1v) is 8.68. The van der Waals surface area contributed by atoms with Gasteiger partial charge in [0.05, 0.1) is 34.5 Å². The lowest BCUT2D eigenvalue weighted by Gasteiger charge is -2.34. The number of nitrogens with zero attached hydrogens (tertiary/aromatic N) is 1. The molecule has 0 bridgehead atoms. The average molecular weight is 308 g/mol. The number of nitrogens with one attached hydrogen (secondary N) is 1. The highest BCUT2D eigenvalue weighted by molar-refractivity contribution is 7.91. The number of nitriles is 1. The van der Waals surface area contributed by atoms with E-state index in [-0.39, 0.29) is 22.9 Å². The molecule has 114 valence electrons. The molecule has 1 atom stereocenters. The fraction of sp³-hybridized carbons (Fsp3) is 0.533. The normalized spacial score (nSPS) is 22.7. The number of hydrogen-bond donors (Lipinski definition) is 1. The quantitative estimate of drug-likeness (QED) is 0.891. The second-order valence-electron chi connectivity index (χ2n) is 5.54. The van der Waals surface area contributed by atoms with E-state index in [0.717, 1.165) is 25.9 Å². The van der Waals surface area contributed by atoms with Gasteiger partial charge in [-0.15, -0.1) is 0 Å². The first-order valence-electron chi connectivity index (χ1n) is 7.03. The van der Waals surface area contributed by atoms with Gasteiger partial charge < -0.3 is 10.1 Å². The Hall–Kier alpha value is -1.42. The summed E-state index contributed by atoms with van der Waals surface area (Å²) in [7, 11) is -3.42. The van der Waals surface area contributed by atoms with Crippen LogP contribution in [-0.4, -0.2) is 39.5 Å². The number of benzene rings is 1. The Morgan fingerprint density at radius 3 is 2.95 bits per heavy atom. The van der Waals surface area contributed by atoms with Gasteiger partial charge in [0.25, 0.3) is 0 Å². The Balaban J connectivity index is 1.96. The summed E-state index contributed by atoms with van der Waals surface area (Å²) in [6.45, 7) is 3.90.